The van der Waals surface area contributed by atoms with E-state index < -0.39 is 0 Å². The van der Waals surface area contributed by atoms with Crippen LogP contribution in [0.25, 0.3) is 0 Å². The van der Waals surface area contributed by atoms with Crippen molar-refractivity contribution in [2.75, 3.05) is 29.5 Å². The van der Waals surface area contributed by atoms with Crippen molar-refractivity contribution in [1.82, 2.24) is 9.97 Å². The standard InChI is InChI=1S/C13H17N5/c1-3-15-12-8-13(17-9-16-12)18-11-6-4-10(14-2)5-7-11/h4-9,14H,3H2,1-2H3,(H2,15,16,17,18). The highest BCUT2D eigenvalue weighted by Crippen LogP contribution is 2.18. The van der Waals surface area contributed by atoms with Crippen LogP contribution in [0.4, 0.5) is 23.0 Å². The van der Waals surface area contributed by atoms with Crippen LogP contribution >= 0.6 is 0 Å². The molecule has 5 nitrogen and oxygen atoms in total. The van der Waals surface area contributed by atoms with E-state index in [1.54, 1.807) is 6.33 Å². The van der Waals surface area contributed by atoms with Crippen LogP contribution in [0.3, 0.4) is 0 Å². The molecule has 0 saturated heterocycles. The van der Waals surface area contributed by atoms with Gasteiger partial charge in [-0.1, -0.05) is 0 Å². The summed E-state index contributed by atoms with van der Waals surface area (Å²) in [5.41, 5.74) is 2.08. The molecule has 0 fully saturated rings. The Balaban J connectivity index is 2.09. The minimum atomic E-state index is 0.776. The Morgan fingerprint density at radius 1 is 1.00 bits per heavy atom. The van der Waals surface area contributed by atoms with Crippen molar-refractivity contribution in [2.45, 2.75) is 6.92 Å². The minimum absolute atomic E-state index is 0.776. The van der Waals surface area contributed by atoms with Gasteiger partial charge in [-0.25, -0.2) is 9.97 Å². The summed E-state index contributed by atoms with van der Waals surface area (Å²) < 4.78 is 0. The molecule has 0 spiro atoms. The van der Waals surface area contributed by atoms with Crippen molar-refractivity contribution in [3.05, 3.63) is 36.7 Å². The van der Waals surface area contributed by atoms with E-state index in [4.69, 9.17) is 0 Å². The molecule has 0 saturated carbocycles. The van der Waals surface area contributed by atoms with Gasteiger partial charge in [0.05, 0.1) is 0 Å². The van der Waals surface area contributed by atoms with E-state index >= 15 is 0 Å². The molecule has 0 unspecified atom stereocenters. The number of anilines is 4. The number of rotatable bonds is 5. The van der Waals surface area contributed by atoms with Crippen LogP contribution in [0.2, 0.25) is 0 Å². The Bertz CT molecular complexity index is 495. The summed E-state index contributed by atoms with van der Waals surface area (Å²) in [5.74, 6) is 1.60. The molecule has 1 aromatic heterocycles. The lowest BCUT2D eigenvalue weighted by molar-refractivity contribution is 1.11. The van der Waals surface area contributed by atoms with Gasteiger partial charge in [-0.3, -0.25) is 0 Å². The molecule has 0 aliphatic heterocycles. The average molecular weight is 243 g/mol. The smallest absolute Gasteiger partial charge is 0.135 e. The van der Waals surface area contributed by atoms with Gasteiger partial charge in [0, 0.05) is 31.0 Å². The third kappa shape index (κ3) is 3.10. The number of aromatic nitrogens is 2. The monoisotopic (exact) mass is 243 g/mol. The third-order valence-electron chi connectivity index (χ3n) is 2.47. The SMILES string of the molecule is CCNc1cc(Nc2ccc(NC)cc2)ncn1. The Labute approximate surface area is 107 Å². The zero-order chi connectivity index (χ0) is 12.8. The van der Waals surface area contributed by atoms with E-state index in [9.17, 15) is 0 Å². The molecule has 2 aromatic rings. The first-order valence-corrected chi connectivity index (χ1v) is 5.92. The fraction of sp³-hybridized carbons (Fsp3) is 0.231. The lowest BCUT2D eigenvalue weighted by atomic mass is 10.3. The molecule has 0 bridgehead atoms. The normalized spacial score (nSPS) is 9.89. The van der Waals surface area contributed by atoms with Crippen LogP contribution in [0.5, 0.6) is 0 Å². The van der Waals surface area contributed by atoms with E-state index in [1.165, 1.54) is 0 Å². The molecular weight excluding hydrogens is 226 g/mol. The second kappa shape index (κ2) is 5.86. The maximum Gasteiger partial charge on any atom is 0.135 e. The van der Waals surface area contributed by atoms with Gasteiger partial charge in [0.2, 0.25) is 0 Å². The predicted octanol–water partition coefficient (Wildman–Crippen LogP) is 2.69. The lowest BCUT2D eigenvalue weighted by Gasteiger charge is -2.08. The van der Waals surface area contributed by atoms with Crippen molar-refractivity contribution in [3.8, 4) is 0 Å². The zero-order valence-corrected chi connectivity index (χ0v) is 10.6. The topological polar surface area (TPSA) is 61.9 Å². The van der Waals surface area contributed by atoms with Gasteiger partial charge in [-0.2, -0.15) is 0 Å². The van der Waals surface area contributed by atoms with Crippen molar-refractivity contribution in [3.63, 3.8) is 0 Å². The van der Waals surface area contributed by atoms with E-state index in [0.717, 1.165) is 29.6 Å². The highest BCUT2D eigenvalue weighted by Gasteiger charge is 1.98. The summed E-state index contributed by atoms with van der Waals surface area (Å²) in [4.78, 5) is 8.31. The van der Waals surface area contributed by atoms with Crippen molar-refractivity contribution >= 4 is 23.0 Å². The van der Waals surface area contributed by atoms with Crippen LogP contribution in [0.15, 0.2) is 36.7 Å². The first-order valence-electron chi connectivity index (χ1n) is 5.92. The number of nitrogens with one attached hydrogen (secondary N) is 3. The predicted molar refractivity (Wildman–Crippen MR) is 75.5 cm³/mol. The highest BCUT2D eigenvalue weighted by atomic mass is 15.1. The molecule has 0 atom stereocenters. The van der Waals surface area contributed by atoms with Gasteiger partial charge in [0.25, 0.3) is 0 Å². The van der Waals surface area contributed by atoms with Crippen molar-refractivity contribution in [2.24, 2.45) is 0 Å². The molecule has 0 radical (unpaired) electrons. The quantitative estimate of drug-likeness (QED) is 0.753. The Kier molecular flexibility index (Phi) is 3.96. The fourth-order valence-electron chi connectivity index (χ4n) is 1.57. The van der Waals surface area contributed by atoms with Crippen molar-refractivity contribution < 1.29 is 0 Å². The number of nitrogens with zero attached hydrogens (tertiary/aromatic N) is 2. The summed E-state index contributed by atoms with van der Waals surface area (Å²) in [6.07, 6.45) is 1.54. The summed E-state index contributed by atoms with van der Waals surface area (Å²) in [6, 6.07) is 9.90. The van der Waals surface area contributed by atoms with Crippen LogP contribution in [0.1, 0.15) is 6.92 Å². The Morgan fingerprint density at radius 3 is 2.33 bits per heavy atom. The van der Waals surface area contributed by atoms with E-state index in [1.807, 2.05) is 44.3 Å². The molecule has 1 aromatic carbocycles. The fourth-order valence-corrected chi connectivity index (χ4v) is 1.57. The van der Waals surface area contributed by atoms with Gasteiger partial charge >= 0.3 is 0 Å². The van der Waals surface area contributed by atoms with E-state index in [0.29, 0.717) is 0 Å². The lowest BCUT2D eigenvalue weighted by Crippen LogP contribution is -2.01. The van der Waals surface area contributed by atoms with Gasteiger partial charge in [0.15, 0.2) is 0 Å². The van der Waals surface area contributed by atoms with Gasteiger partial charge < -0.3 is 16.0 Å². The first kappa shape index (κ1) is 12.2. The number of hydrogen-bond acceptors (Lipinski definition) is 5. The molecule has 0 aliphatic carbocycles. The molecule has 94 valence electrons. The van der Waals surface area contributed by atoms with E-state index in [-0.39, 0.29) is 0 Å². The van der Waals surface area contributed by atoms with Gasteiger partial charge in [-0.05, 0) is 31.2 Å². The summed E-state index contributed by atoms with van der Waals surface area (Å²) >= 11 is 0. The molecule has 5 heteroatoms. The van der Waals surface area contributed by atoms with Gasteiger partial charge in [0.1, 0.15) is 18.0 Å². The first-order chi connectivity index (χ1) is 8.81. The Morgan fingerprint density at radius 2 is 1.67 bits per heavy atom. The summed E-state index contributed by atoms with van der Waals surface area (Å²) in [7, 11) is 1.90. The largest absolute Gasteiger partial charge is 0.388 e. The maximum absolute atomic E-state index is 4.18. The third-order valence-corrected chi connectivity index (χ3v) is 2.47. The summed E-state index contributed by atoms with van der Waals surface area (Å²) in [6.45, 7) is 2.87. The maximum atomic E-state index is 4.18. The van der Waals surface area contributed by atoms with Crippen LogP contribution in [-0.4, -0.2) is 23.6 Å². The molecule has 1 heterocycles. The molecule has 0 aliphatic rings. The Hall–Kier alpha value is -2.30. The molecule has 2 rings (SSSR count). The molecule has 0 amide bonds. The summed E-state index contributed by atoms with van der Waals surface area (Å²) in [5, 5.41) is 9.47. The minimum Gasteiger partial charge on any atom is -0.388 e. The molecular formula is C13H17N5. The van der Waals surface area contributed by atoms with Crippen LogP contribution in [0, 0.1) is 0 Å². The van der Waals surface area contributed by atoms with Crippen LogP contribution in [-0.2, 0) is 0 Å². The second-order valence-electron chi connectivity index (χ2n) is 3.77. The number of benzene rings is 1. The van der Waals surface area contributed by atoms with Crippen molar-refractivity contribution in [1.29, 1.82) is 0 Å². The van der Waals surface area contributed by atoms with Crippen LogP contribution < -0.4 is 16.0 Å². The zero-order valence-electron chi connectivity index (χ0n) is 10.6. The second-order valence-corrected chi connectivity index (χ2v) is 3.77. The van der Waals surface area contributed by atoms with E-state index in [2.05, 4.69) is 25.9 Å². The highest BCUT2D eigenvalue weighted by molar-refractivity contribution is 5.61. The van der Waals surface area contributed by atoms with Gasteiger partial charge in [-0.15, -0.1) is 0 Å². The molecule has 18 heavy (non-hydrogen) atoms. The average Bonchev–Trinajstić information content (AvgIpc) is 2.40. The molecule has 3 N–H and O–H groups in total. The number of hydrogen-bond donors (Lipinski definition) is 3.